The van der Waals surface area contributed by atoms with Crippen LogP contribution in [0.4, 0.5) is 5.13 Å². The topological polar surface area (TPSA) is 54.0 Å². The summed E-state index contributed by atoms with van der Waals surface area (Å²) in [6.45, 7) is 0.836. The molecule has 2 N–H and O–H groups in total. The van der Waals surface area contributed by atoms with Gasteiger partial charge in [0, 0.05) is 11.4 Å². The van der Waals surface area contributed by atoms with Gasteiger partial charge < -0.3 is 10.6 Å². The van der Waals surface area contributed by atoms with Crippen molar-refractivity contribution in [2.45, 2.75) is 12.8 Å². The van der Waals surface area contributed by atoms with E-state index in [0.717, 1.165) is 23.2 Å². The zero-order valence-electron chi connectivity index (χ0n) is 10.00. The van der Waals surface area contributed by atoms with Crippen LogP contribution in [-0.2, 0) is 4.79 Å². The van der Waals surface area contributed by atoms with Crippen molar-refractivity contribution in [2.75, 3.05) is 18.9 Å². The average molecular weight is 284 g/mol. The summed E-state index contributed by atoms with van der Waals surface area (Å²) in [5, 5.41) is 7.12. The molecule has 1 amide bonds. The minimum atomic E-state index is -0.00426. The first kappa shape index (κ1) is 13.3. The molecule has 0 fully saturated rings. The zero-order valence-corrected chi connectivity index (χ0v) is 11.6. The first-order chi connectivity index (χ1) is 8.69. The van der Waals surface area contributed by atoms with Gasteiger partial charge in [-0.15, -0.1) is 0 Å². The van der Waals surface area contributed by atoms with Crippen LogP contribution in [0.15, 0.2) is 18.2 Å². The molecule has 0 aliphatic carbocycles. The molecule has 96 valence electrons. The Morgan fingerprint density at radius 3 is 3.11 bits per heavy atom. The molecule has 2 aromatic rings. The van der Waals surface area contributed by atoms with Crippen LogP contribution in [0.5, 0.6) is 0 Å². The number of aromatic nitrogens is 1. The molecular formula is C12H14ClN3OS. The van der Waals surface area contributed by atoms with E-state index in [9.17, 15) is 4.79 Å². The summed E-state index contributed by atoms with van der Waals surface area (Å²) in [7, 11) is 1.87. The third kappa shape index (κ3) is 3.41. The van der Waals surface area contributed by atoms with E-state index in [0.29, 0.717) is 16.6 Å². The maximum atomic E-state index is 11.6. The fourth-order valence-electron chi connectivity index (χ4n) is 1.56. The first-order valence-corrected chi connectivity index (χ1v) is 6.89. The molecule has 1 heterocycles. The summed E-state index contributed by atoms with van der Waals surface area (Å²) < 4.78 is 0.980. The van der Waals surface area contributed by atoms with Gasteiger partial charge in [-0.3, -0.25) is 4.79 Å². The lowest BCUT2D eigenvalue weighted by Crippen LogP contribution is -2.15. The van der Waals surface area contributed by atoms with Crippen molar-refractivity contribution < 1.29 is 4.79 Å². The number of thiazole rings is 1. The van der Waals surface area contributed by atoms with Crippen molar-refractivity contribution in [2.24, 2.45) is 0 Å². The number of carbonyl (C=O) groups excluding carboxylic acids is 1. The van der Waals surface area contributed by atoms with Gasteiger partial charge in [-0.25, -0.2) is 4.98 Å². The number of benzene rings is 1. The smallest absolute Gasteiger partial charge is 0.226 e. The summed E-state index contributed by atoms with van der Waals surface area (Å²) in [6, 6.07) is 5.50. The number of anilines is 1. The number of hydrogen-bond donors (Lipinski definition) is 2. The Bertz CT molecular complexity index is 555. The highest BCUT2D eigenvalue weighted by atomic mass is 35.5. The Morgan fingerprint density at radius 2 is 2.33 bits per heavy atom. The third-order valence-electron chi connectivity index (χ3n) is 2.43. The molecule has 0 unspecified atom stereocenters. The number of rotatable bonds is 5. The molecule has 0 bridgehead atoms. The van der Waals surface area contributed by atoms with Crippen LogP contribution >= 0.6 is 22.9 Å². The number of nitrogens with one attached hydrogen (secondary N) is 2. The lowest BCUT2D eigenvalue weighted by Gasteiger charge is -2.00. The maximum absolute atomic E-state index is 11.6. The van der Waals surface area contributed by atoms with Gasteiger partial charge in [-0.05, 0) is 38.2 Å². The summed E-state index contributed by atoms with van der Waals surface area (Å²) in [5.41, 5.74) is 0.856. The maximum Gasteiger partial charge on any atom is 0.226 e. The van der Waals surface area contributed by atoms with E-state index in [1.807, 2.05) is 19.2 Å². The highest BCUT2D eigenvalue weighted by Crippen LogP contribution is 2.28. The predicted octanol–water partition coefficient (Wildman–Crippen LogP) is 2.89. The molecule has 0 saturated heterocycles. The Kier molecular flexibility index (Phi) is 4.52. The number of fused-ring (bicyclic) bond motifs is 1. The van der Waals surface area contributed by atoms with Crippen molar-refractivity contribution in [3.63, 3.8) is 0 Å². The second kappa shape index (κ2) is 6.13. The first-order valence-electron chi connectivity index (χ1n) is 5.69. The van der Waals surface area contributed by atoms with Crippen LogP contribution in [0, 0.1) is 0 Å². The number of amides is 1. The Labute approximate surface area is 114 Å². The van der Waals surface area contributed by atoms with Crippen LogP contribution in [0.1, 0.15) is 12.8 Å². The van der Waals surface area contributed by atoms with E-state index in [-0.39, 0.29) is 5.91 Å². The Morgan fingerprint density at radius 1 is 1.50 bits per heavy atom. The second-order valence-corrected chi connectivity index (χ2v) is 5.35. The fourth-order valence-corrected chi connectivity index (χ4v) is 2.72. The zero-order chi connectivity index (χ0) is 13.0. The quantitative estimate of drug-likeness (QED) is 0.830. The van der Waals surface area contributed by atoms with E-state index in [1.54, 1.807) is 6.07 Å². The molecular weight excluding hydrogens is 270 g/mol. The van der Waals surface area contributed by atoms with Crippen molar-refractivity contribution in [1.82, 2.24) is 10.3 Å². The van der Waals surface area contributed by atoms with E-state index in [4.69, 9.17) is 11.6 Å². The highest BCUT2D eigenvalue weighted by molar-refractivity contribution is 7.22. The van der Waals surface area contributed by atoms with Crippen LogP contribution in [0.3, 0.4) is 0 Å². The van der Waals surface area contributed by atoms with E-state index in [2.05, 4.69) is 15.6 Å². The molecule has 2 rings (SSSR count). The third-order valence-corrected chi connectivity index (χ3v) is 3.60. The monoisotopic (exact) mass is 283 g/mol. The fraction of sp³-hybridized carbons (Fsp3) is 0.333. The number of hydrogen-bond acceptors (Lipinski definition) is 4. The number of carbonyl (C=O) groups is 1. The lowest BCUT2D eigenvalue weighted by molar-refractivity contribution is -0.116. The Balaban J connectivity index is 2.01. The molecule has 0 aliphatic heterocycles. The van der Waals surface area contributed by atoms with Gasteiger partial charge >= 0.3 is 0 Å². The largest absolute Gasteiger partial charge is 0.320 e. The van der Waals surface area contributed by atoms with Crippen molar-refractivity contribution in [3.05, 3.63) is 23.2 Å². The molecule has 0 radical (unpaired) electrons. The van der Waals surface area contributed by atoms with Crippen LogP contribution in [0.2, 0.25) is 5.02 Å². The van der Waals surface area contributed by atoms with Crippen molar-refractivity contribution in [3.8, 4) is 0 Å². The second-order valence-electron chi connectivity index (χ2n) is 3.89. The van der Waals surface area contributed by atoms with Gasteiger partial charge in [-0.1, -0.05) is 22.9 Å². The minimum absolute atomic E-state index is 0.00426. The van der Waals surface area contributed by atoms with Gasteiger partial charge in [0.2, 0.25) is 5.91 Å². The standard InChI is InChI=1S/C12H14ClN3OS/c1-14-6-2-3-11(17)16-12-15-9-5-4-8(13)7-10(9)18-12/h4-5,7,14H,2-3,6H2,1H3,(H,15,16,17). The molecule has 0 aliphatic rings. The molecule has 1 aromatic carbocycles. The summed E-state index contributed by atoms with van der Waals surface area (Å²) >= 11 is 7.34. The molecule has 4 nitrogen and oxygen atoms in total. The number of halogens is 1. The van der Waals surface area contributed by atoms with Crippen molar-refractivity contribution in [1.29, 1.82) is 0 Å². The van der Waals surface area contributed by atoms with E-state index >= 15 is 0 Å². The van der Waals surface area contributed by atoms with Gasteiger partial charge in [0.25, 0.3) is 0 Å². The lowest BCUT2D eigenvalue weighted by atomic mass is 10.3. The molecule has 0 spiro atoms. The summed E-state index contributed by atoms with van der Waals surface area (Å²) in [4.78, 5) is 16.0. The Hall–Kier alpha value is -1.17. The average Bonchev–Trinajstić information content (AvgIpc) is 2.70. The van der Waals surface area contributed by atoms with Crippen LogP contribution < -0.4 is 10.6 Å². The van der Waals surface area contributed by atoms with Gasteiger partial charge in [-0.2, -0.15) is 0 Å². The highest BCUT2D eigenvalue weighted by Gasteiger charge is 2.07. The SMILES string of the molecule is CNCCCC(=O)Nc1nc2ccc(Cl)cc2s1. The molecule has 1 aromatic heterocycles. The van der Waals surface area contributed by atoms with Gasteiger partial charge in [0.1, 0.15) is 0 Å². The number of nitrogens with zero attached hydrogens (tertiary/aromatic N) is 1. The van der Waals surface area contributed by atoms with Crippen LogP contribution in [0.25, 0.3) is 10.2 Å². The van der Waals surface area contributed by atoms with Gasteiger partial charge in [0.05, 0.1) is 10.2 Å². The molecule has 6 heteroatoms. The van der Waals surface area contributed by atoms with E-state index in [1.165, 1.54) is 11.3 Å². The molecule has 0 saturated carbocycles. The normalized spacial score (nSPS) is 10.8. The predicted molar refractivity (Wildman–Crippen MR) is 76.4 cm³/mol. The molecule has 18 heavy (non-hydrogen) atoms. The summed E-state index contributed by atoms with van der Waals surface area (Å²) in [5.74, 6) is -0.00426. The van der Waals surface area contributed by atoms with E-state index < -0.39 is 0 Å². The molecule has 0 atom stereocenters. The minimum Gasteiger partial charge on any atom is -0.320 e. The van der Waals surface area contributed by atoms with Crippen LogP contribution in [-0.4, -0.2) is 24.5 Å². The van der Waals surface area contributed by atoms with Crippen molar-refractivity contribution >= 4 is 44.2 Å². The summed E-state index contributed by atoms with van der Waals surface area (Å²) in [6.07, 6.45) is 1.32. The van der Waals surface area contributed by atoms with Gasteiger partial charge in [0.15, 0.2) is 5.13 Å².